The molecule has 0 atom stereocenters. The van der Waals surface area contributed by atoms with Crippen LogP contribution in [0.5, 0.6) is 0 Å². The summed E-state index contributed by atoms with van der Waals surface area (Å²) in [5, 5.41) is 12.4. The van der Waals surface area contributed by atoms with Gasteiger partial charge in [-0.1, -0.05) is 0 Å². The number of amides is 1. The third-order valence-electron chi connectivity index (χ3n) is 3.02. The van der Waals surface area contributed by atoms with Crippen LogP contribution in [0.15, 0.2) is 0 Å². The Kier molecular flexibility index (Phi) is 5.93. The van der Waals surface area contributed by atoms with E-state index in [1.807, 2.05) is 0 Å². The van der Waals surface area contributed by atoms with Crippen LogP contribution in [0.3, 0.4) is 0 Å². The van der Waals surface area contributed by atoms with Crippen molar-refractivity contribution in [3.63, 3.8) is 0 Å². The van der Waals surface area contributed by atoms with E-state index >= 15 is 0 Å². The topological polar surface area (TPSA) is 76.9 Å². The monoisotopic (exact) mass is 243 g/mol. The van der Waals surface area contributed by atoms with Gasteiger partial charge in [-0.25, -0.2) is 0 Å². The number of rotatable bonds is 6. The summed E-state index contributed by atoms with van der Waals surface area (Å²) in [5.41, 5.74) is 0. The molecule has 6 heteroatoms. The summed E-state index contributed by atoms with van der Waals surface area (Å²) in [4.78, 5) is 25.2. The van der Waals surface area contributed by atoms with Gasteiger partial charge >= 0.3 is 0 Å². The van der Waals surface area contributed by atoms with Gasteiger partial charge in [0.15, 0.2) is 0 Å². The number of hydrogen-bond donors (Lipinski definition) is 2. The number of nitrogens with one attached hydrogen (secondary N) is 2. The fourth-order valence-electron chi connectivity index (χ4n) is 1.88. The number of nitrogens with zero attached hydrogens (tertiary/aromatic N) is 1. The van der Waals surface area contributed by atoms with Gasteiger partial charge in [-0.15, -0.1) is 0 Å². The summed E-state index contributed by atoms with van der Waals surface area (Å²) >= 11 is 0. The van der Waals surface area contributed by atoms with Crippen LogP contribution >= 0.6 is 0 Å². The van der Waals surface area contributed by atoms with Crippen molar-refractivity contribution in [1.29, 1.82) is 0 Å². The summed E-state index contributed by atoms with van der Waals surface area (Å²) in [6.07, 6.45) is 1.16. The Morgan fingerprint density at radius 2 is 2.00 bits per heavy atom. The lowest BCUT2D eigenvalue weighted by molar-refractivity contribution is -0.884. The van der Waals surface area contributed by atoms with Gasteiger partial charge in [0.2, 0.25) is 5.91 Å². The second kappa shape index (κ2) is 7.24. The number of carbonyl (C=O) groups is 2. The highest BCUT2D eigenvalue weighted by atomic mass is 16.4. The molecule has 1 saturated heterocycles. The number of carbonyl (C=O) groups excluding carboxylic acids is 2. The third-order valence-corrected chi connectivity index (χ3v) is 3.02. The fraction of sp³-hybridized carbons (Fsp3) is 0.818. The molecule has 0 aromatic carbocycles. The lowest BCUT2D eigenvalue weighted by atomic mass is 10.2. The average molecular weight is 243 g/mol. The summed E-state index contributed by atoms with van der Waals surface area (Å²) in [5.74, 6) is -1.46. The van der Waals surface area contributed by atoms with Gasteiger partial charge in [0.05, 0.1) is 32.7 Å². The normalized spacial score (nSPS) is 17.9. The fourth-order valence-corrected chi connectivity index (χ4v) is 1.88. The SMILES string of the molecule is C[NH+]1CCN(CCCC(=O)NCC(=O)[O-])CC1. The molecule has 0 bridgehead atoms. The Balaban J connectivity index is 2.03. The lowest BCUT2D eigenvalue weighted by Gasteiger charge is -2.29. The minimum atomic E-state index is -1.25. The van der Waals surface area contributed by atoms with E-state index in [1.54, 1.807) is 4.90 Å². The Bertz CT molecular complexity index is 263. The van der Waals surface area contributed by atoms with Gasteiger partial charge < -0.3 is 20.1 Å². The van der Waals surface area contributed by atoms with Crippen molar-refractivity contribution in [2.75, 3.05) is 46.3 Å². The molecule has 0 unspecified atom stereocenters. The van der Waals surface area contributed by atoms with Crippen LogP contribution in [0.1, 0.15) is 12.8 Å². The largest absolute Gasteiger partial charge is 0.548 e. The molecule has 1 aliphatic rings. The van der Waals surface area contributed by atoms with Gasteiger partial charge in [0, 0.05) is 19.5 Å². The predicted molar refractivity (Wildman–Crippen MR) is 60.3 cm³/mol. The molecule has 1 rings (SSSR count). The highest BCUT2D eigenvalue weighted by Crippen LogP contribution is 1.95. The van der Waals surface area contributed by atoms with Gasteiger partial charge in [0.25, 0.3) is 0 Å². The molecule has 1 fully saturated rings. The molecular formula is C11H21N3O3. The van der Waals surface area contributed by atoms with Gasteiger partial charge in [-0.3, -0.25) is 9.69 Å². The smallest absolute Gasteiger partial charge is 0.220 e. The zero-order valence-corrected chi connectivity index (χ0v) is 10.3. The molecule has 0 spiro atoms. The van der Waals surface area contributed by atoms with Crippen molar-refractivity contribution in [3.8, 4) is 0 Å². The van der Waals surface area contributed by atoms with E-state index < -0.39 is 12.5 Å². The number of likely N-dealkylation sites (N-methyl/N-ethyl adjacent to an activating group) is 1. The summed E-state index contributed by atoms with van der Waals surface area (Å²) in [7, 11) is 2.19. The molecule has 2 N–H and O–H groups in total. The van der Waals surface area contributed by atoms with E-state index in [-0.39, 0.29) is 5.91 Å². The van der Waals surface area contributed by atoms with Crippen LogP contribution in [0.25, 0.3) is 0 Å². The molecular weight excluding hydrogens is 222 g/mol. The Labute approximate surface area is 102 Å². The molecule has 17 heavy (non-hydrogen) atoms. The highest BCUT2D eigenvalue weighted by molar-refractivity contribution is 5.80. The van der Waals surface area contributed by atoms with Crippen LogP contribution in [-0.2, 0) is 9.59 Å². The quantitative estimate of drug-likeness (QED) is 0.507. The van der Waals surface area contributed by atoms with Gasteiger partial charge in [-0.05, 0) is 13.0 Å². The molecule has 0 aliphatic carbocycles. The van der Waals surface area contributed by atoms with E-state index in [2.05, 4.69) is 17.3 Å². The van der Waals surface area contributed by atoms with Crippen molar-refractivity contribution in [1.82, 2.24) is 10.2 Å². The maximum absolute atomic E-state index is 11.2. The zero-order chi connectivity index (χ0) is 12.7. The number of piperazine rings is 1. The number of carboxylic acid groups (broad SMARTS) is 1. The first kappa shape index (κ1) is 13.9. The molecule has 0 aromatic heterocycles. The van der Waals surface area contributed by atoms with Gasteiger partial charge in [0.1, 0.15) is 0 Å². The van der Waals surface area contributed by atoms with E-state index in [0.29, 0.717) is 6.42 Å². The van der Waals surface area contributed by atoms with Crippen LogP contribution < -0.4 is 15.3 Å². The second-order valence-electron chi connectivity index (χ2n) is 4.55. The highest BCUT2D eigenvalue weighted by Gasteiger charge is 2.15. The molecule has 98 valence electrons. The second-order valence-corrected chi connectivity index (χ2v) is 4.55. The predicted octanol–water partition coefficient (Wildman–Crippen LogP) is -3.54. The van der Waals surface area contributed by atoms with Crippen LogP contribution in [0, 0.1) is 0 Å². The first-order valence-electron chi connectivity index (χ1n) is 6.08. The van der Waals surface area contributed by atoms with E-state index in [0.717, 1.165) is 39.1 Å². The standard InChI is InChI=1S/C11H21N3O3/c1-13-5-7-14(8-6-13)4-2-3-10(15)12-9-11(16)17/h2-9H2,1H3,(H,12,15)(H,16,17). The lowest BCUT2D eigenvalue weighted by Crippen LogP contribution is -3.11. The average Bonchev–Trinajstić information content (AvgIpc) is 2.29. The van der Waals surface area contributed by atoms with Crippen molar-refractivity contribution < 1.29 is 19.6 Å². The number of carboxylic acids is 1. The van der Waals surface area contributed by atoms with Gasteiger partial charge in [-0.2, -0.15) is 0 Å². The molecule has 1 heterocycles. The van der Waals surface area contributed by atoms with E-state index in [4.69, 9.17) is 0 Å². The molecule has 0 aromatic rings. The van der Waals surface area contributed by atoms with E-state index in [1.165, 1.54) is 0 Å². The first-order chi connectivity index (χ1) is 8.08. The number of quaternary nitrogens is 1. The summed E-state index contributed by atoms with van der Waals surface area (Å²) in [6.45, 7) is 4.97. The minimum Gasteiger partial charge on any atom is -0.548 e. The Morgan fingerprint density at radius 3 is 2.59 bits per heavy atom. The van der Waals surface area contributed by atoms with Crippen molar-refractivity contribution in [2.24, 2.45) is 0 Å². The maximum atomic E-state index is 11.2. The van der Waals surface area contributed by atoms with Crippen LogP contribution in [0.4, 0.5) is 0 Å². The Hall–Kier alpha value is -1.14. The number of hydrogen-bond acceptors (Lipinski definition) is 4. The zero-order valence-electron chi connectivity index (χ0n) is 10.3. The third kappa shape index (κ3) is 6.23. The summed E-state index contributed by atoms with van der Waals surface area (Å²) < 4.78 is 0. The van der Waals surface area contributed by atoms with E-state index in [9.17, 15) is 14.7 Å². The van der Waals surface area contributed by atoms with Crippen LogP contribution in [0.2, 0.25) is 0 Å². The molecule has 1 aliphatic heterocycles. The summed E-state index contributed by atoms with van der Waals surface area (Å²) in [6, 6.07) is 0. The molecule has 0 radical (unpaired) electrons. The molecule has 1 amide bonds. The van der Waals surface area contributed by atoms with Crippen molar-refractivity contribution in [3.05, 3.63) is 0 Å². The Morgan fingerprint density at radius 1 is 1.35 bits per heavy atom. The molecule has 6 nitrogen and oxygen atoms in total. The number of aliphatic carboxylic acids is 1. The van der Waals surface area contributed by atoms with Crippen LogP contribution in [-0.4, -0.2) is 63.1 Å². The van der Waals surface area contributed by atoms with Crippen molar-refractivity contribution in [2.45, 2.75) is 12.8 Å². The first-order valence-corrected chi connectivity index (χ1v) is 6.08. The molecule has 0 saturated carbocycles. The maximum Gasteiger partial charge on any atom is 0.220 e. The minimum absolute atomic E-state index is 0.214. The van der Waals surface area contributed by atoms with Crippen molar-refractivity contribution >= 4 is 11.9 Å².